The summed E-state index contributed by atoms with van der Waals surface area (Å²) < 4.78 is 22.6. The van der Waals surface area contributed by atoms with Gasteiger partial charge in [-0.1, -0.05) is 12.8 Å². The second kappa shape index (κ2) is 5.17. The molecule has 1 saturated heterocycles. The van der Waals surface area contributed by atoms with Crippen molar-refractivity contribution in [3.63, 3.8) is 0 Å². The van der Waals surface area contributed by atoms with Gasteiger partial charge in [0.05, 0.1) is 16.9 Å². The van der Waals surface area contributed by atoms with E-state index in [1.807, 2.05) is 0 Å². The second-order valence-electron chi connectivity index (χ2n) is 5.59. The molecule has 0 aromatic carbocycles. The fraction of sp³-hybridized carbons (Fsp3) is 0.917. The lowest BCUT2D eigenvalue weighted by molar-refractivity contribution is -0.131. The summed E-state index contributed by atoms with van der Waals surface area (Å²) in [6.45, 7) is 0.393. The van der Waals surface area contributed by atoms with Gasteiger partial charge in [-0.2, -0.15) is 0 Å². The Balaban J connectivity index is 1.92. The Morgan fingerprint density at radius 2 is 1.78 bits per heavy atom. The smallest absolute Gasteiger partial charge is 0.227 e. The minimum Gasteiger partial charge on any atom is -0.353 e. The van der Waals surface area contributed by atoms with Gasteiger partial charge in [0.15, 0.2) is 0 Å². The third-order valence-corrected chi connectivity index (χ3v) is 6.04. The van der Waals surface area contributed by atoms with Gasteiger partial charge in [0.1, 0.15) is 9.84 Å². The van der Waals surface area contributed by atoms with E-state index < -0.39 is 15.3 Å². The number of carbonyl (C=O) groups excluding carboxylic acids is 1. The number of hydrogen-bond donors (Lipinski definition) is 2. The molecule has 1 heterocycles. The Morgan fingerprint density at radius 1 is 1.22 bits per heavy atom. The maximum atomic E-state index is 12.3. The summed E-state index contributed by atoms with van der Waals surface area (Å²) in [4.78, 5) is 12.3. The minimum absolute atomic E-state index is 0.00468. The minimum atomic E-state index is -2.87. The summed E-state index contributed by atoms with van der Waals surface area (Å²) in [5.74, 6) is 0.410. The van der Waals surface area contributed by atoms with E-state index >= 15 is 0 Å². The third-order valence-electron chi connectivity index (χ3n) is 4.32. The first-order chi connectivity index (χ1) is 8.47. The molecule has 0 bridgehead atoms. The van der Waals surface area contributed by atoms with Gasteiger partial charge in [0.25, 0.3) is 0 Å². The second-order valence-corrected chi connectivity index (χ2v) is 7.89. The van der Waals surface area contributed by atoms with Gasteiger partial charge in [-0.3, -0.25) is 4.79 Å². The summed E-state index contributed by atoms with van der Waals surface area (Å²) in [5.41, 5.74) is 5.37. The predicted molar refractivity (Wildman–Crippen MR) is 69.8 cm³/mol. The number of carbonyl (C=O) groups is 1. The fourth-order valence-corrected chi connectivity index (χ4v) is 4.44. The molecule has 0 spiro atoms. The maximum Gasteiger partial charge on any atom is 0.227 e. The zero-order valence-electron chi connectivity index (χ0n) is 10.7. The molecule has 2 fully saturated rings. The highest BCUT2D eigenvalue weighted by molar-refractivity contribution is 7.91. The van der Waals surface area contributed by atoms with E-state index in [0.717, 1.165) is 25.7 Å². The van der Waals surface area contributed by atoms with E-state index in [2.05, 4.69) is 5.32 Å². The number of nitrogens with two attached hydrogens (primary N) is 1. The van der Waals surface area contributed by atoms with Gasteiger partial charge in [0, 0.05) is 12.6 Å². The standard InChI is InChI=1S/C12H22N2O3S/c13-9-12(5-1-2-6-12)11(15)14-10-3-7-18(16,17)8-4-10/h10H,1-9,13H2,(H,14,15). The largest absolute Gasteiger partial charge is 0.353 e. The van der Waals surface area contributed by atoms with E-state index in [9.17, 15) is 13.2 Å². The molecule has 1 saturated carbocycles. The summed E-state index contributed by atoms with van der Waals surface area (Å²) in [5, 5.41) is 3.01. The van der Waals surface area contributed by atoms with E-state index in [4.69, 9.17) is 5.73 Å². The summed E-state index contributed by atoms with van der Waals surface area (Å²) in [6.07, 6.45) is 4.91. The molecule has 6 heteroatoms. The molecule has 18 heavy (non-hydrogen) atoms. The van der Waals surface area contributed by atoms with E-state index in [1.54, 1.807) is 0 Å². The molecule has 0 aromatic heterocycles. The first-order valence-electron chi connectivity index (χ1n) is 6.69. The van der Waals surface area contributed by atoms with E-state index in [-0.39, 0.29) is 23.5 Å². The molecule has 104 valence electrons. The highest BCUT2D eigenvalue weighted by Crippen LogP contribution is 2.37. The van der Waals surface area contributed by atoms with E-state index in [0.29, 0.717) is 19.4 Å². The van der Waals surface area contributed by atoms with E-state index in [1.165, 1.54) is 0 Å². The number of sulfone groups is 1. The van der Waals surface area contributed by atoms with Crippen molar-refractivity contribution in [2.45, 2.75) is 44.6 Å². The van der Waals surface area contributed by atoms with Gasteiger partial charge in [0.2, 0.25) is 5.91 Å². The van der Waals surface area contributed by atoms with Crippen molar-refractivity contribution in [3.8, 4) is 0 Å². The summed E-state index contributed by atoms with van der Waals surface area (Å²) in [6, 6.07) is 0.00468. The average molecular weight is 274 g/mol. The third kappa shape index (κ3) is 2.85. The zero-order chi connectivity index (χ0) is 13.2. The number of nitrogens with one attached hydrogen (secondary N) is 1. The topological polar surface area (TPSA) is 89.3 Å². The van der Waals surface area contributed by atoms with Crippen molar-refractivity contribution in [2.24, 2.45) is 11.1 Å². The lowest BCUT2D eigenvalue weighted by atomic mass is 9.85. The van der Waals surface area contributed by atoms with Crippen LogP contribution in [0.3, 0.4) is 0 Å². The molecule has 3 N–H and O–H groups in total. The Kier molecular flexibility index (Phi) is 3.96. The van der Waals surface area contributed by atoms with Gasteiger partial charge >= 0.3 is 0 Å². The van der Waals surface area contributed by atoms with Crippen LogP contribution >= 0.6 is 0 Å². The number of hydrogen-bond acceptors (Lipinski definition) is 4. The summed E-state index contributed by atoms with van der Waals surface area (Å²) >= 11 is 0. The molecule has 5 nitrogen and oxygen atoms in total. The highest BCUT2D eigenvalue weighted by Gasteiger charge is 2.40. The Bertz CT molecular complexity index is 399. The van der Waals surface area contributed by atoms with Gasteiger partial charge < -0.3 is 11.1 Å². The van der Waals surface area contributed by atoms with Gasteiger partial charge in [-0.15, -0.1) is 0 Å². The lowest BCUT2D eigenvalue weighted by Crippen LogP contribution is -2.49. The zero-order valence-corrected chi connectivity index (χ0v) is 11.5. The molecule has 0 radical (unpaired) electrons. The lowest BCUT2D eigenvalue weighted by Gasteiger charge is -2.30. The maximum absolute atomic E-state index is 12.3. The Labute approximate surface area is 108 Å². The van der Waals surface area contributed by atoms with Crippen molar-refractivity contribution < 1.29 is 13.2 Å². The summed E-state index contributed by atoms with van der Waals surface area (Å²) in [7, 11) is -2.87. The number of rotatable bonds is 3. The highest BCUT2D eigenvalue weighted by atomic mass is 32.2. The van der Waals surface area contributed by atoms with Crippen LogP contribution in [0.15, 0.2) is 0 Å². The van der Waals surface area contributed by atoms with Gasteiger partial charge in [-0.05, 0) is 25.7 Å². The number of amides is 1. The molecule has 0 aromatic rings. The predicted octanol–water partition coefficient (Wildman–Crippen LogP) is 0.199. The molecule has 2 aliphatic rings. The molecular formula is C12H22N2O3S. The molecule has 1 amide bonds. The van der Waals surface area contributed by atoms with Crippen LogP contribution in [-0.4, -0.2) is 38.4 Å². The molecule has 1 aliphatic heterocycles. The first-order valence-corrected chi connectivity index (χ1v) is 8.51. The van der Waals surface area contributed by atoms with Crippen LogP contribution in [0.25, 0.3) is 0 Å². The van der Waals surface area contributed by atoms with Crippen molar-refractivity contribution in [3.05, 3.63) is 0 Å². The molecular weight excluding hydrogens is 252 g/mol. The molecule has 2 rings (SSSR count). The van der Waals surface area contributed by atoms with Crippen LogP contribution in [0.2, 0.25) is 0 Å². The van der Waals surface area contributed by atoms with Crippen molar-refractivity contribution in [2.75, 3.05) is 18.1 Å². The van der Waals surface area contributed by atoms with Crippen LogP contribution in [0.5, 0.6) is 0 Å². The van der Waals surface area contributed by atoms with Crippen LogP contribution in [-0.2, 0) is 14.6 Å². The fourth-order valence-electron chi connectivity index (χ4n) is 2.95. The van der Waals surface area contributed by atoms with Crippen LogP contribution in [0.4, 0.5) is 0 Å². The van der Waals surface area contributed by atoms with Crippen molar-refractivity contribution >= 4 is 15.7 Å². The molecule has 1 aliphatic carbocycles. The van der Waals surface area contributed by atoms with Crippen LogP contribution < -0.4 is 11.1 Å². The average Bonchev–Trinajstić information content (AvgIpc) is 2.82. The molecule has 0 atom stereocenters. The van der Waals surface area contributed by atoms with Crippen LogP contribution in [0.1, 0.15) is 38.5 Å². The van der Waals surface area contributed by atoms with Crippen molar-refractivity contribution in [1.82, 2.24) is 5.32 Å². The molecule has 0 unspecified atom stereocenters. The van der Waals surface area contributed by atoms with Crippen molar-refractivity contribution in [1.29, 1.82) is 0 Å². The Morgan fingerprint density at radius 3 is 2.28 bits per heavy atom. The Hall–Kier alpha value is -0.620. The normalized spacial score (nSPS) is 26.9. The van der Waals surface area contributed by atoms with Gasteiger partial charge in [-0.25, -0.2) is 8.42 Å². The monoisotopic (exact) mass is 274 g/mol. The van der Waals surface area contributed by atoms with Crippen LogP contribution in [0, 0.1) is 5.41 Å². The SMILES string of the molecule is NCC1(C(=O)NC2CCS(=O)(=O)CC2)CCCC1. The first kappa shape index (κ1) is 13.8. The quantitative estimate of drug-likeness (QED) is 0.769.